The van der Waals surface area contributed by atoms with Crippen molar-refractivity contribution in [3.05, 3.63) is 35.1 Å². The van der Waals surface area contributed by atoms with Crippen molar-refractivity contribution in [1.29, 1.82) is 0 Å². The molecular weight excluding hydrogens is 288 g/mol. The van der Waals surface area contributed by atoms with Gasteiger partial charge in [0.2, 0.25) is 0 Å². The summed E-state index contributed by atoms with van der Waals surface area (Å²) in [6, 6.07) is 2.65. The lowest BCUT2D eigenvalue weighted by molar-refractivity contribution is -0.140. The van der Waals surface area contributed by atoms with E-state index in [-0.39, 0.29) is 12.5 Å². The third-order valence-corrected chi connectivity index (χ3v) is 3.85. The fourth-order valence-corrected chi connectivity index (χ4v) is 2.29. The Kier molecular flexibility index (Phi) is 3.97. The van der Waals surface area contributed by atoms with E-state index in [1.54, 1.807) is 6.92 Å². The van der Waals surface area contributed by atoms with Crippen LogP contribution in [0.1, 0.15) is 35.7 Å². The number of nitrogens with one attached hydrogen (secondary N) is 1. The molecule has 0 bridgehead atoms. The van der Waals surface area contributed by atoms with Gasteiger partial charge in [0.05, 0.1) is 16.7 Å². The fourth-order valence-electron chi connectivity index (χ4n) is 2.29. The van der Waals surface area contributed by atoms with Crippen LogP contribution in [0.4, 0.5) is 17.6 Å². The van der Waals surface area contributed by atoms with Crippen LogP contribution in [0.3, 0.4) is 0 Å². The van der Waals surface area contributed by atoms with Gasteiger partial charge in [0.15, 0.2) is 0 Å². The first-order valence-corrected chi connectivity index (χ1v) is 6.57. The molecule has 7 heteroatoms. The van der Waals surface area contributed by atoms with Gasteiger partial charge in [0.25, 0.3) is 5.91 Å². The van der Waals surface area contributed by atoms with E-state index < -0.39 is 34.6 Å². The first-order valence-electron chi connectivity index (χ1n) is 6.57. The SMILES string of the molecule is CC(CN)(NC(=O)c1cccc(C(F)(F)F)c1F)C1CC1. The Hall–Kier alpha value is -1.63. The van der Waals surface area contributed by atoms with Crippen molar-refractivity contribution >= 4 is 5.91 Å². The van der Waals surface area contributed by atoms with Crippen molar-refractivity contribution in [3.63, 3.8) is 0 Å². The van der Waals surface area contributed by atoms with E-state index in [0.717, 1.165) is 25.0 Å². The van der Waals surface area contributed by atoms with Crippen LogP contribution < -0.4 is 11.1 Å². The van der Waals surface area contributed by atoms with Crippen LogP contribution in [0.5, 0.6) is 0 Å². The Balaban J connectivity index is 2.28. The molecule has 21 heavy (non-hydrogen) atoms. The maximum absolute atomic E-state index is 13.9. The standard InChI is InChI=1S/C14H16F4N2O/c1-13(7-19,8-5-6-8)20-12(21)9-3-2-4-10(11(9)15)14(16,17)18/h2-4,8H,5-7,19H2,1H3,(H,20,21). The monoisotopic (exact) mass is 304 g/mol. The highest BCUT2D eigenvalue weighted by molar-refractivity contribution is 5.95. The van der Waals surface area contributed by atoms with Gasteiger partial charge >= 0.3 is 6.18 Å². The molecule has 1 amide bonds. The Labute approximate surface area is 119 Å². The number of nitrogens with two attached hydrogens (primary N) is 1. The Morgan fingerprint density at radius 1 is 1.38 bits per heavy atom. The molecule has 3 N–H and O–H groups in total. The number of hydrogen-bond acceptors (Lipinski definition) is 2. The molecule has 0 saturated heterocycles. The second-order valence-electron chi connectivity index (χ2n) is 5.51. The van der Waals surface area contributed by atoms with E-state index in [1.165, 1.54) is 0 Å². The summed E-state index contributed by atoms with van der Waals surface area (Å²) in [4.78, 5) is 12.1. The molecule has 1 aromatic rings. The summed E-state index contributed by atoms with van der Waals surface area (Å²) in [5.74, 6) is -2.25. The van der Waals surface area contributed by atoms with Crippen LogP contribution in [0, 0.1) is 11.7 Å². The molecule has 0 spiro atoms. The molecule has 2 rings (SSSR count). The molecule has 1 saturated carbocycles. The number of rotatable bonds is 4. The molecule has 0 heterocycles. The smallest absolute Gasteiger partial charge is 0.345 e. The molecule has 3 nitrogen and oxygen atoms in total. The summed E-state index contributed by atoms with van der Waals surface area (Å²) < 4.78 is 51.8. The van der Waals surface area contributed by atoms with Gasteiger partial charge in [-0.05, 0) is 37.8 Å². The van der Waals surface area contributed by atoms with Gasteiger partial charge in [-0.15, -0.1) is 0 Å². The highest BCUT2D eigenvalue weighted by atomic mass is 19.4. The highest BCUT2D eigenvalue weighted by Crippen LogP contribution is 2.39. The molecule has 1 aromatic carbocycles. The van der Waals surface area contributed by atoms with Gasteiger partial charge < -0.3 is 11.1 Å². The minimum atomic E-state index is -4.84. The zero-order valence-electron chi connectivity index (χ0n) is 11.4. The average Bonchev–Trinajstić information content (AvgIpc) is 3.21. The van der Waals surface area contributed by atoms with Crippen molar-refractivity contribution in [2.75, 3.05) is 6.54 Å². The van der Waals surface area contributed by atoms with Crippen molar-refractivity contribution in [1.82, 2.24) is 5.32 Å². The Morgan fingerprint density at radius 2 is 2.00 bits per heavy atom. The van der Waals surface area contributed by atoms with E-state index in [1.807, 2.05) is 0 Å². The van der Waals surface area contributed by atoms with Crippen LogP contribution in [0.15, 0.2) is 18.2 Å². The van der Waals surface area contributed by atoms with Gasteiger partial charge in [-0.2, -0.15) is 13.2 Å². The summed E-state index contributed by atoms with van der Waals surface area (Å²) in [5, 5.41) is 2.57. The van der Waals surface area contributed by atoms with Crippen LogP contribution in [0.25, 0.3) is 0 Å². The molecule has 1 fully saturated rings. The third-order valence-electron chi connectivity index (χ3n) is 3.85. The Bertz CT molecular complexity index is 554. The van der Waals surface area contributed by atoms with Gasteiger partial charge in [-0.1, -0.05) is 6.07 Å². The zero-order valence-corrected chi connectivity index (χ0v) is 11.4. The molecular formula is C14H16F4N2O. The highest BCUT2D eigenvalue weighted by Gasteiger charge is 2.42. The molecule has 0 radical (unpaired) electrons. The number of benzene rings is 1. The van der Waals surface area contributed by atoms with Crippen LogP contribution in [-0.4, -0.2) is 18.0 Å². The lowest BCUT2D eigenvalue weighted by Crippen LogP contribution is -2.53. The van der Waals surface area contributed by atoms with Crippen molar-refractivity contribution in [2.45, 2.75) is 31.5 Å². The summed E-state index contributed by atoms with van der Waals surface area (Å²) in [6.07, 6.45) is -3.06. The van der Waals surface area contributed by atoms with Crippen molar-refractivity contribution < 1.29 is 22.4 Å². The lowest BCUT2D eigenvalue weighted by Gasteiger charge is -2.29. The van der Waals surface area contributed by atoms with Crippen molar-refractivity contribution in [2.24, 2.45) is 11.7 Å². The third kappa shape index (κ3) is 3.18. The van der Waals surface area contributed by atoms with E-state index in [2.05, 4.69) is 5.32 Å². The zero-order chi connectivity index (χ0) is 15.8. The molecule has 1 atom stereocenters. The molecule has 1 aliphatic carbocycles. The predicted molar refractivity (Wildman–Crippen MR) is 69.1 cm³/mol. The number of carbonyl (C=O) groups is 1. The van der Waals surface area contributed by atoms with E-state index in [4.69, 9.17) is 5.73 Å². The molecule has 1 unspecified atom stereocenters. The van der Waals surface area contributed by atoms with E-state index in [9.17, 15) is 22.4 Å². The van der Waals surface area contributed by atoms with Crippen LogP contribution >= 0.6 is 0 Å². The molecule has 1 aliphatic rings. The summed E-state index contributed by atoms with van der Waals surface area (Å²) in [5.41, 5.74) is 2.83. The topological polar surface area (TPSA) is 55.1 Å². The van der Waals surface area contributed by atoms with Crippen LogP contribution in [-0.2, 0) is 6.18 Å². The van der Waals surface area contributed by atoms with Gasteiger partial charge in [-0.3, -0.25) is 4.79 Å². The Morgan fingerprint density at radius 3 is 2.48 bits per heavy atom. The van der Waals surface area contributed by atoms with Gasteiger partial charge in [0, 0.05) is 6.54 Å². The maximum atomic E-state index is 13.9. The molecule has 0 aliphatic heterocycles. The maximum Gasteiger partial charge on any atom is 0.419 e. The van der Waals surface area contributed by atoms with E-state index >= 15 is 0 Å². The quantitative estimate of drug-likeness (QED) is 0.840. The number of alkyl halides is 3. The second kappa shape index (κ2) is 5.29. The van der Waals surface area contributed by atoms with Crippen LogP contribution in [0.2, 0.25) is 0 Å². The minimum absolute atomic E-state index is 0.143. The fraction of sp³-hybridized carbons (Fsp3) is 0.500. The number of halogens is 4. The van der Waals surface area contributed by atoms with Gasteiger partial charge in [-0.25, -0.2) is 4.39 Å². The molecule has 0 aromatic heterocycles. The largest absolute Gasteiger partial charge is 0.419 e. The van der Waals surface area contributed by atoms with Gasteiger partial charge in [0.1, 0.15) is 5.82 Å². The van der Waals surface area contributed by atoms with Crippen molar-refractivity contribution in [3.8, 4) is 0 Å². The summed E-state index contributed by atoms with van der Waals surface area (Å²) >= 11 is 0. The number of carbonyl (C=O) groups excluding carboxylic acids is 1. The second-order valence-corrected chi connectivity index (χ2v) is 5.51. The number of amides is 1. The lowest BCUT2D eigenvalue weighted by atomic mass is 9.95. The first-order chi connectivity index (χ1) is 9.69. The minimum Gasteiger partial charge on any atom is -0.345 e. The summed E-state index contributed by atoms with van der Waals surface area (Å²) in [7, 11) is 0. The number of hydrogen-bond donors (Lipinski definition) is 2. The summed E-state index contributed by atoms with van der Waals surface area (Å²) in [6.45, 7) is 1.86. The normalized spacial score (nSPS) is 18.2. The first kappa shape index (κ1) is 15.8. The molecule has 116 valence electrons. The average molecular weight is 304 g/mol. The predicted octanol–water partition coefficient (Wildman–Crippen LogP) is 2.70. The van der Waals surface area contributed by atoms with E-state index in [0.29, 0.717) is 6.07 Å².